The SMILES string of the molecule is CCCCNC(=O)NCC1CCNCC1. The first-order valence-electron chi connectivity index (χ1n) is 6.05. The van der Waals surface area contributed by atoms with Crippen molar-refractivity contribution in [3.05, 3.63) is 0 Å². The van der Waals surface area contributed by atoms with E-state index < -0.39 is 0 Å². The molecule has 1 saturated heterocycles. The van der Waals surface area contributed by atoms with Gasteiger partial charge in [0.15, 0.2) is 0 Å². The molecule has 4 nitrogen and oxygen atoms in total. The molecule has 1 aliphatic heterocycles. The molecule has 0 aliphatic carbocycles. The normalized spacial score (nSPS) is 17.4. The van der Waals surface area contributed by atoms with E-state index in [0.29, 0.717) is 5.92 Å². The molecule has 0 spiro atoms. The van der Waals surface area contributed by atoms with Gasteiger partial charge in [0, 0.05) is 13.1 Å². The highest BCUT2D eigenvalue weighted by Crippen LogP contribution is 2.09. The molecule has 15 heavy (non-hydrogen) atoms. The summed E-state index contributed by atoms with van der Waals surface area (Å²) in [4.78, 5) is 11.3. The highest BCUT2D eigenvalue weighted by Gasteiger charge is 2.13. The summed E-state index contributed by atoms with van der Waals surface area (Å²) >= 11 is 0. The Bertz CT molecular complexity index is 179. The molecule has 0 bridgehead atoms. The lowest BCUT2D eigenvalue weighted by Gasteiger charge is -2.22. The van der Waals surface area contributed by atoms with E-state index >= 15 is 0 Å². The minimum atomic E-state index is -0.0121. The molecule has 1 rings (SSSR count). The van der Waals surface area contributed by atoms with Crippen molar-refractivity contribution in [2.45, 2.75) is 32.6 Å². The third-order valence-corrected chi connectivity index (χ3v) is 2.83. The summed E-state index contributed by atoms with van der Waals surface area (Å²) in [5.74, 6) is 0.656. The minimum Gasteiger partial charge on any atom is -0.338 e. The second-order valence-corrected chi connectivity index (χ2v) is 4.18. The third kappa shape index (κ3) is 5.62. The van der Waals surface area contributed by atoms with Crippen LogP contribution in [-0.2, 0) is 0 Å². The van der Waals surface area contributed by atoms with E-state index in [9.17, 15) is 4.79 Å². The molecule has 2 amide bonds. The van der Waals surface area contributed by atoms with Crippen LogP contribution in [0.4, 0.5) is 4.79 Å². The van der Waals surface area contributed by atoms with Crippen molar-refractivity contribution >= 4 is 6.03 Å². The predicted molar refractivity (Wildman–Crippen MR) is 61.9 cm³/mol. The molecule has 0 aromatic carbocycles. The Labute approximate surface area is 92.2 Å². The Morgan fingerprint density at radius 3 is 2.73 bits per heavy atom. The largest absolute Gasteiger partial charge is 0.338 e. The number of unbranched alkanes of at least 4 members (excludes halogenated alkanes) is 1. The van der Waals surface area contributed by atoms with E-state index in [1.165, 1.54) is 12.8 Å². The van der Waals surface area contributed by atoms with Gasteiger partial charge in [-0.05, 0) is 38.3 Å². The second kappa shape index (κ2) is 7.51. The number of carbonyl (C=O) groups is 1. The topological polar surface area (TPSA) is 53.2 Å². The molecular formula is C11H23N3O. The number of nitrogens with one attached hydrogen (secondary N) is 3. The number of hydrogen-bond donors (Lipinski definition) is 3. The van der Waals surface area contributed by atoms with Gasteiger partial charge in [0.25, 0.3) is 0 Å². The number of hydrogen-bond acceptors (Lipinski definition) is 2. The number of piperidine rings is 1. The van der Waals surface area contributed by atoms with Gasteiger partial charge < -0.3 is 16.0 Å². The van der Waals surface area contributed by atoms with Crippen molar-refractivity contribution < 1.29 is 4.79 Å². The fourth-order valence-corrected chi connectivity index (χ4v) is 1.76. The highest BCUT2D eigenvalue weighted by atomic mass is 16.2. The lowest BCUT2D eigenvalue weighted by Crippen LogP contribution is -2.41. The number of carbonyl (C=O) groups excluding carboxylic acids is 1. The summed E-state index contributed by atoms with van der Waals surface area (Å²) in [6.07, 6.45) is 4.53. The molecule has 0 unspecified atom stereocenters. The fourth-order valence-electron chi connectivity index (χ4n) is 1.76. The Balaban J connectivity index is 2.00. The maximum Gasteiger partial charge on any atom is 0.314 e. The van der Waals surface area contributed by atoms with Gasteiger partial charge in [-0.1, -0.05) is 13.3 Å². The van der Waals surface area contributed by atoms with Crippen molar-refractivity contribution in [1.29, 1.82) is 0 Å². The smallest absolute Gasteiger partial charge is 0.314 e. The van der Waals surface area contributed by atoms with Gasteiger partial charge >= 0.3 is 6.03 Å². The molecule has 88 valence electrons. The van der Waals surface area contributed by atoms with Crippen LogP contribution in [-0.4, -0.2) is 32.2 Å². The van der Waals surface area contributed by atoms with Crippen molar-refractivity contribution in [1.82, 2.24) is 16.0 Å². The van der Waals surface area contributed by atoms with Crippen molar-refractivity contribution in [2.75, 3.05) is 26.2 Å². The van der Waals surface area contributed by atoms with Gasteiger partial charge in [0.1, 0.15) is 0 Å². The average Bonchev–Trinajstić information content (AvgIpc) is 2.28. The van der Waals surface area contributed by atoms with E-state index in [0.717, 1.165) is 39.0 Å². The number of amides is 2. The summed E-state index contributed by atoms with van der Waals surface area (Å²) in [6, 6.07) is -0.0121. The Kier molecular flexibility index (Phi) is 6.16. The maximum absolute atomic E-state index is 11.3. The molecule has 0 saturated carbocycles. The van der Waals surface area contributed by atoms with Gasteiger partial charge in [-0.15, -0.1) is 0 Å². The summed E-state index contributed by atoms with van der Waals surface area (Å²) in [5.41, 5.74) is 0. The maximum atomic E-state index is 11.3. The van der Waals surface area contributed by atoms with Crippen LogP contribution in [0.15, 0.2) is 0 Å². The van der Waals surface area contributed by atoms with Crippen LogP contribution >= 0.6 is 0 Å². The molecule has 1 fully saturated rings. The second-order valence-electron chi connectivity index (χ2n) is 4.18. The summed E-state index contributed by atoms with van der Waals surface area (Å²) in [5, 5.41) is 9.11. The molecule has 0 radical (unpaired) electrons. The standard InChI is InChI=1S/C11H23N3O/c1-2-3-6-13-11(15)14-9-10-4-7-12-8-5-10/h10,12H,2-9H2,1H3,(H2,13,14,15). The molecule has 0 aromatic heterocycles. The predicted octanol–water partition coefficient (Wildman–Crippen LogP) is 1.09. The van der Waals surface area contributed by atoms with E-state index in [1.807, 2.05) is 0 Å². The molecule has 1 aliphatic rings. The van der Waals surface area contributed by atoms with Crippen molar-refractivity contribution in [3.63, 3.8) is 0 Å². The molecule has 3 N–H and O–H groups in total. The van der Waals surface area contributed by atoms with Gasteiger partial charge in [-0.25, -0.2) is 4.79 Å². The molecule has 0 aromatic rings. The zero-order chi connectivity index (χ0) is 10.9. The van der Waals surface area contributed by atoms with Gasteiger partial charge in [-0.2, -0.15) is 0 Å². The number of urea groups is 1. The Morgan fingerprint density at radius 1 is 1.33 bits per heavy atom. The summed E-state index contributed by atoms with van der Waals surface area (Å²) in [7, 11) is 0. The van der Waals surface area contributed by atoms with Crippen LogP contribution in [0, 0.1) is 5.92 Å². The van der Waals surface area contributed by atoms with Gasteiger partial charge in [0.2, 0.25) is 0 Å². The quantitative estimate of drug-likeness (QED) is 0.599. The van der Waals surface area contributed by atoms with Crippen LogP contribution < -0.4 is 16.0 Å². The lowest BCUT2D eigenvalue weighted by atomic mass is 9.98. The summed E-state index contributed by atoms with van der Waals surface area (Å²) in [6.45, 7) is 5.90. The number of rotatable bonds is 5. The van der Waals surface area contributed by atoms with Crippen molar-refractivity contribution in [2.24, 2.45) is 5.92 Å². The molecule has 4 heteroatoms. The van der Waals surface area contributed by atoms with Crippen LogP contribution in [0.1, 0.15) is 32.6 Å². The molecule has 0 atom stereocenters. The highest BCUT2D eigenvalue weighted by molar-refractivity contribution is 5.73. The molecular weight excluding hydrogens is 190 g/mol. The Morgan fingerprint density at radius 2 is 2.07 bits per heavy atom. The first kappa shape index (κ1) is 12.3. The van der Waals surface area contributed by atoms with Gasteiger partial charge in [0.05, 0.1) is 0 Å². The van der Waals surface area contributed by atoms with Crippen LogP contribution in [0.5, 0.6) is 0 Å². The van der Waals surface area contributed by atoms with Crippen LogP contribution in [0.25, 0.3) is 0 Å². The lowest BCUT2D eigenvalue weighted by molar-refractivity contribution is 0.236. The minimum absolute atomic E-state index is 0.0121. The van der Waals surface area contributed by atoms with Gasteiger partial charge in [-0.3, -0.25) is 0 Å². The fraction of sp³-hybridized carbons (Fsp3) is 0.909. The zero-order valence-electron chi connectivity index (χ0n) is 9.64. The van der Waals surface area contributed by atoms with E-state index in [-0.39, 0.29) is 6.03 Å². The first-order chi connectivity index (χ1) is 7.33. The zero-order valence-corrected chi connectivity index (χ0v) is 9.64. The Hall–Kier alpha value is -0.770. The summed E-state index contributed by atoms with van der Waals surface area (Å²) < 4.78 is 0. The van der Waals surface area contributed by atoms with Crippen molar-refractivity contribution in [3.8, 4) is 0 Å². The van der Waals surface area contributed by atoms with E-state index in [2.05, 4.69) is 22.9 Å². The third-order valence-electron chi connectivity index (χ3n) is 2.83. The average molecular weight is 213 g/mol. The monoisotopic (exact) mass is 213 g/mol. The van der Waals surface area contributed by atoms with E-state index in [1.54, 1.807) is 0 Å². The van der Waals surface area contributed by atoms with Crippen LogP contribution in [0.3, 0.4) is 0 Å². The van der Waals surface area contributed by atoms with Crippen LogP contribution in [0.2, 0.25) is 0 Å². The molecule has 1 heterocycles. The first-order valence-corrected chi connectivity index (χ1v) is 6.05. The van der Waals surface area contributed by atoms with E-state index in [4.69, 9.17) is 0 Å².